The fourth-order valence-corrected chi connectivity index (χ4v) is 2.40. The van der Waals surface area contributed by atoms with E-state index in [1.807, 2.05) is 0 Å². The number of esters is 1. The van der Waals surface area contributed by atoms with Crippen molar-refractivity contribution < 1.29 is 9.53 Å². The molecular weight excluding hydrogens is 164 g/mol. The van der Waals surface area contributed by atoms with Gasteiger partial charge >= 0.3 is 5.97 Å². The van der Waals surface area contributed by atoms with Gasteiger partial charge in [-0.05, 0) is 31.3 Å². The number of hydrogen-bond donors (Lipinski definition) is 0. The van der Waals surface area contributed by atoms with Gasteiger partial charge in [0.25, 0.3) is 0 Å². The number of carbonyl (C=O) groups excluding carboxylic acids is 1. The van der Waals surface area contributed by atoms with Crippen LogP contribution >= 0.6 is 0 Å². The van der Waals surface area contributed by atoms with Crippen molar-refractivity contribution in [2.75, 3.05) is 0 Å². The average Bonchev–Trinajstić information content (AvgIpc) is 2.12. The van der Waals surface area contributed by atoms with Gasteiger partial charge in [-0.25, -0.2) is 0 Å². The van der Waals surface area contributed by atoms with Crippen LogP contribution in [0.15, 0.2) is 11.6 Å². The molecule has 1 saturated heterocycles. The maximum absolute atomic E-state index is 11.1. The number of rotatable bonds is 0. The third-order valence-corrected chi connectivity index (χ3v) is 3.32. The van der Waals surface area contributed by atoms with E-state index in [1.165, 1.54) is 5.57 Å². The molecular formula is C11H16O2. The van der Waals surface area contributed by atoms with Crippen LogP contribution in [0, 0.1) is 11.8 Å². The maximum atomic E-state index is 11.1. The molecule has 13 heavy (non-hydrogen) atoms. The Balaban J connectivity index is 2.20. The average molecular weight is 180 g/mol. The minimum absolute atomic E-state index is 0.0249. The van der Waals surface area contributed by atoms with Crippen molar-refractivity contribution in [3.63, 3.8) is 0 Å². The van der Waals surface area contributed by atoms with E-state index in [2.05, 4.69) is 19.9 Å². The molecule has 0 saturated carbocycles. The summed E-state index contributed by atoms with van der Waals surface area (Å²) in [6.45, 7) is 4.32. The Morgan fingerprint density at radius 1 is 1.54 bits per heavy atom. The number of ether oxygens (including phenoxy) is 1. The Morgan fingerprint density at radius 3 is 3.08 bits per heavy atom. The van der Waals surface area contributed by atoms with Crippen molar-refractivity contribution in [2.24, 2.45) is 11.8 Å². The van der Waals surface area contributed by atoms with Crippen LogP contribution in [0.3, 0.4) is 0 Å². The Labute approximate surface area is 79.0 Å². The number of carbonyl (C=O) groups is 1. The molecule has 2 rings (SSSR count). The number of allylic oxidation sites excluding steroid dienone is 1. The molecule has 1 heterocycles. The molecule has 0 radical (unpaired) electrons. The predicted molar refractivity (Wildman–Crippen MR) is 50.1 cm³/mol. The van der Waals surface area contributed by atoms with E-state index in [-0.39, 0.29) is 12.1 Å². The molecule has 0 bridgehead atoms. The summed E-state index contributed by atoms with van der Waals surface area (Å²) in [7, 11) is 0. The van der Waals surface area contributed by atoms with Crippen LogP contribution in [-0.4, -0.2) is 12.1 Å². The van der Waals surface area contributed by atoms with Crippen molar-refractivity contribution in [1.82, 2.24) is 0 Å². The second-order valence-electron chi connectivity index (χ2n) is 4.27. The summed E-state index contributed by atoms with van der Waals surface area (Å²) in [5.74, 6) is 1.22. The van der Waals surface area contributed by atoms with Crippen LogP contribution in [-0.2, 0) is 9.53 Å². The molecule has 2 aliphatic rings. The molecule has 2 heteroatoms. The molecule has 0 spiro atoms. The van der Waals surface area contributed by atoms with Crippen molar-refractivity contribution >= 4 is 5.97 Å². The van der Waals surface area contributed by atoms with Crippen LogP contribution in [0.4, 0.5) is 0 Å². The van der Waals surface area contributed by atoms with Gasteiger partial charge in [-0.2, -0.15) is 0 Å². The zero-order chi connectivity index (χ0) is 9.42. The van der Waals surface area contributed by atoms with E-state index in [9.17, 15) is 4.79 Å². The minimum atomic E-state index is -0.0249. The first-order valence-corrected chi connectivity index (χ1v) is 5.04. The summed E-state index contributed by atoms with van der Waals surface area (Å²) >= 11 is 0. The van der Waals surface area contributed by atoms with Crippen LogP contribution < -0.4 is 0 Å². The van der Waals surface area contributed by atoms with Crippen molar-refractivity contribution in [3.8, 4) is 0 Å². The van der Waals surface area contributed by atoms with Gasteiger partial charge in [0.2, 0.25) is 0 Å². The monoisotopic (exact) mass is 180 g/mol. The summed E-state index contributed by atoms with van der Waals surface area (Å²) in [5, 5.41) is 0. The molecule has 0 aromatic heterocycles. The largest absolute Gasteiger partial charge is 0.458 e. The highest BCUT2D eigenvalue weighted by atomic mass is 16.5. The first kappa shape index (κ1) is 8.79. The molecule has 2 nitrogen and oxygen atoms in total. The van der Waals surface area contributed by atoms with Gasteiger partial charge in [-0.3, -0.25) is 4.79 Å². The van der Waals surface area contributed by atoms with E-state index in [1.54, 1.807) is 0 Å². The van der Waals surface area contributed by atoms with Crippen LogP contribution in [0.2, 0.25) is 0 Å². The Kier molecular flexibility index (Phi) is 2.14. The van der Waals surface area contributed by atoms with E-state index < -0.39 is 0 Å². The lowest BCUT2D eigenvalue weighted by atomic mass is 9.75. The van der Waals surface area contributed by atoms with E-state index in [0.29, 0.717) is 18.3 Å². The highest BCUT2D eigenvalue weighted by molar-refractivity contribution is 5.70. The molecule has 72 valence electrons. The van der Waals surface area contributed by atoms with Crippen molar-refractivity contribution in [1.29, 1.82) is 0 Å². The fourth-order valence-electron chi connectivity index (χ4n) is 2.40. The summed E-state index contributed by atoms with van der Waals surface area (Å²) < 4.78 is 5.37. The smallest absolute Gasteiger partial charge is 0.306 e. The van der Waals surface area contributed by atoms with Gasteiger partial charge < -0.3 is 4.74 Å². The predicted octanol–water partition coefficient (Wildman–Crippen LogP) is 2.29. The first-order valence-electron chi connectivity index (χ1n) is 5.04. The van der Waals surface area contributed by atoms with E-state index in [0.717, 1.165) is 12.8 Å². The third-order valence-electron chi connectivity index (χ3n) is 3.32. The SMILES string of the molecule is CC1=CCC(C)C2CCC(=O)OC12. The molecule has 3 atom stereocenters. The third kappa shape index (κ3) is 1.50. The highest BCUT2D eigenvalue weighted by Crippen LogP contribution is 2.37. The molecule has 1 aliphatic carbocycles. The standard InChI is InChI=1S/C11H16O2/c1-7-3-4-8(2)11-9(7)5-6-10(12)13-11/h4,7,9,11H,3,5-6H2,1-2H3. The minimum Gasteiger partial charge on any atom is -0.458 e. The zero-order valence-electron chi connectivity index (χ0n) is 8.25. The summed E-state index contributed by atoms with van der Waals surface area (Å²) in [4.78, 5) is 11.1. The Morgan fingerprint density at radius 2 is 2.31 bits per heavy atom. The van der Waals surface area contributed by atoms with Gasteiger partial charge in [0.05, 0.1) is 0 Å². The molecule has 0 aromatic rings. The second kappa shape index (κ2) is 3.17. The molecule has 1 aliphatic heterocycles. The normalized spacial score (nSPS) is 39.1. The maximum Gasteiger partial charge on any atom is 0.306 e. The Bertz CT molecular complexity index is 255. The van der Waals surface area contributed by atoms with Crippen LogP contribution in [0.5, 0.6) is 0 Å². The summed E-state index contributed by atoms with van der Waals surface area (Å²) in [6, 6.07) is 0. The number of hydrogen-bond acceptors (Lipinski definition) is 2. The van der Waals surface area contributed by atoms with Crippen molar-refractivity contribution in [2.45, 2.75) is 39.2 Å². The van der Waals surface area contributed by atoms with Crippen LogP contribution in [0.25, 0.3) is 0 Å². The van der Waals surface area contributed by atoms with Crippen LogP contribution in [0.1, 0.15) is 33.1 Å². The fraction of sp³-hybridized carbons (Fsp3) is 0.727. The molecule has 0 N–H and O–H groups in total. The number of fused-ring (bicyclic) bond motifs is 1. The second-order valence-corrected chi connectivity index (χ2v) is 4.27. The summed E-state index contributed by atoms with van der Waals surface area (Å²) in [5.41, 5.74) is 1.25. The quantitative estimate of drug-likeness (QED) is 0.422. The molecule has 1 fully saturated rings. The highest BCUT2D eigenvalue weighted by Gasteiger charge is 2.37. The van der Waals surface area contributed by atoms with Crippen molar-refractivity contribution in [3.05, 3.63) is 11.6 Å². The van der Waals surface area contributed by atoms with Gasteiger partial charge in [-0.1, -0.05) is 13.0 Å². The van der Waals surface area contributed by atoms with E-state index >= 15 is 0 Å². The van der Waals surface area contributed by atoms with Gasteiger partial charge in [0.15, 0.2) is 0 Å². The van der Waals surface area contributed by atoms with Gasteiger partial charge in [0, 0.05) is 12.3 Å². The first-order chi connectivity index (χ1) is 6.18. The Hall–Kier alpha value is -0.790. The lowest BCUT2D eigenvalue weighted by molar-refractivity contribution is -0.157. The van der Waals surface area contributed by atoms with Gasteiger partial charge in [-0.15, -0.1) is 0 Å². The topological polar surface area (TPSA) is 26.3 Å². The lowest BCUT2D eigenvalue weighted by Gasteiger charge is -2.38. The van der Waals surface area contributed by atoms with E-state index in [4.69, 9.17) is 4.74 Å². The van der Waals surface area contributed by atoms with Gasteiger partial charge in [0.1, 0.15) is 6.10 Å². The molecule has 0 aromatic carbocycles. The summed E-state index contributed by atoms with van der Waals surface area (Å²) in [6.07, 6.45) is 5.06. The molecule has 0 amide bonds. The lowest BCUT2D eigenvalue weighted by Crippen LogP contribution is -2.39. The zero-order valence-corrected chi connectivity index (χ0v) is 8.25. The molecule has 3 unspecified atom stereocenters.